The molecule has 160 valence electrons. The van der Waals surface area contributed by atoms with Crippen LogP contribution in [0.4, 0.5) is 5.69 Å². The number of methoxy groups -OCH3 is 3. The molecular formula is C23H22N2O6. The summed E-state index contributed by atoms with van der Waals surface area (Å²) in [4.78, 5) is 24.5. The summed E-state index contributed by atoms with van der Waals surface area (Å²) >= 11 is 0. The molecule has 0 saturated carbocycles. The lowest BCUT2D eigenvalue weighted by molar-refractivity contribution is -0.116. The lowest BCUT2D eigenvalue weighted by Gasteiger charge is -2.27. The molecule has 2 aromatic carbocycles. The second kappa shape index (κ2) is 8.06. The van der Waals surface area contributed by atoms with Gasteiger partial charge in [0.2, 0.25) is 5.91 Å². The predicted octanol–water partition coefficient (Wildman–Crippen LogP) is 3.68. The number of carbonyl (C=O) groups excluding carboxylic acids is 1. The Morgan fingerprint density at radius 1 is 1.03 bits per heavy atom. The topological polar surface area (TPSA) is 99.0 Å². The van der Waals surface area contributed by atoms with Gasteiger partial charge < -0.3 is 29.2 Å². The molecule has 2 heterocycles. The van der Waals surface area contributed by atoms with E-state index in [9.17, 15) is 14.7 Å². The molecule has 1 atom stereocenters. The lowest BCUT2D eigenvalue weighted by Crippen LogP contribution is -2.25. The second-order valence-corrected chi connectivity index (χ2v) is 7.09. The van der Waals surface area contributed by atoms with Crippen molar-refractivity contribution in [3.8, 4) is 22.9 Å². The van der Waals surface area contributed by atoms with Gasteiger partial charge in [0.15, 0.2) is 0 Å². The lowest BCUT2D eigenvalue weighted by atomic mass is 9.87. The SMILES string of the molecule is COc1ccc(-n2cc(C(=O)O)c3c2[C@H](c2cc(OC)ccc2OC)CC(=O)N3)cc1. The molecule has 1 aromatic heterocycles. The van der Waals surface area contributed by atoms with Gasteiger partial charge in [0.1, 0.15) is 22.8 Å². The summed E-state index contributed by atoms with van der Waals surface area (Å²) < 4.78 is 17.9. The van der Waals surface area contributed by atoms with Crippen LogP contribution < -0.4 is 19.5 Å². The fourth-order valence-electron chi connectivity index (χ4n) is 3.96. The molecule has 1 aliphatic rings. The average Bonchev–Trinajstić information content (AvgIpc) is 3.17. The van der Waals surface area contributed by atoms with E-state index in [4.69, 9.17) is 14.2 Å². The average molecular weight is 422 g/mol. The molecule has 0 radical (unpaired) electrons. The standard InChI is InChI=1S/C23H22N2O6/c1-29-14-6-4-13(5-7-14)25-12-18(23(27)28)21-22(25)17(11-20(26)24-21)16-10-15(30-2)8-9-19(16)31-3/h4-10,12,17H,11H2,1-3H3,(H,24,26)(H,27,28)/t17-/m0/s1. The van der Waals surface area contributed by atoms with Gasteiger partial charge >= 0.3 is 5.97 Å². The third-order valence-electron chi connectivity index (χ3n) is 5.42. The zero-order valence-corrected chi connectivity index (χ0v) is 17.3. The fourth-order valence-corrected chi connectivity index (χ4v) is 3.96. The largest absolute Gasteiger partial charge is 0.497 e. The normalized spacial score (nSPS) is 15.1. The third-order valence-corrected chi connectivity index (χ3v) is 5.42. The highest BCUT2D eigenvalue weighted by molar-refractivity contribution is 6.04. The minimum Gasteiger partial charge on any atom is -0.497 e. The molecule has 0 aliphatic carbocycles. The zero-order valence-electron chi connectivity index (χ0n) is 17.3. The van der Waals surface area contributed by atoms with Crippen LogP contribution in [0, 0.1) is 0 Å². The number of amides is 1. The molecule has 8 heteroatoms. The zero-order chi connectivity index (χ0) is 22.1. The maximum Gasteiger partial charge on any atom is 0.339 e. The number of hydrogen-bond acceptors (Lipinski definition) is 5. The fraction of sp³-hybridized carbons (Fsp3) is 0.217. The van der Waals surface area contributed by atoms with Gasteiger partial charge in [0, 0.05) is 29.8 Å². The van der Waals surface area contributed by atoms with Crippen molar-refractivity contribution >= 4 is 17.6 Å². The Balaban J connectivity index is 1.97. The van der Waals surface area contributed by atoms with Crippen LogP contribution in [0.15, 0.2) is 48.7 Å². The van der Waals surface area contributed by atoms with E-state index in [1.54, 1.807) is 50.2 Å². The van der Waals surface area contributed by atoms with Crippen LogP contribution in [0.3, 0.4) is 0 Å². The van der Waals surface area contributed by atoms with Gasteiger partial charge in [-0.3, -0.25) is 4.79 Å². The van der Waals surface area contributed by atoms with Crippen molar-refractivity contribution in [2.45, 2.75) is 12.3 Å². The number of fused-ring (bicyclic) bond motifs is 1. The van der Waals surface area contributed by atoms with E-state index >= 15 is 0 Å². The van der Waals surface area contributed by atoms with Crippen molar-refractivity contribution in [2.24, 2.45) is 0 Å². The molecular weight excluding hydrogens is 400 g/mol. The van der Waals surface area contributed by atoms with Gasteiger partial charge in [0.25, 0.3) is 0 Å². The molecule has 0 spiro atoms. The third kappa shape index (κ3) is 3.56. The Morgan fingerprint density at radius 3 is 2.32 bits per heavy atom. The van der Waals surface area contributed by atoms with Crippen molar-refractivity contribution in [3.05, 3.63) is 65.5 Å². The van der Waals surface area contributed by atoms with Gasteiger partial charge in [-0.05, 0) is 42.5 Å². The Kier molecular flexibility index (Phi) is 5.29. The van der Waals surface area contributed by atoms with Gasteiger partial charge in [-0.25, -0.2) is 4.79 Å². The van der Waals surface area contributed by atoms with Crippen molar-refractivity contribution in [1.82, 2.24) is 4.57 Å². The highest BCUT2D eigenvalue weighted by atomic mass is 16.5. The summed E-state index contributed by atoms with van der Waals surface area (Å²) in [5.41, 5.74) is 2.45. The van der Waals surface area contributed by atoms with E-state index in [2.05, 4.69) is 5.32 Å². The summed E-state index contributed by atoms with van der Waals surface area (Å²) in [5.74, 6) is 0.0566. The van der Waals surface area contributed by atoms with Crippen LogP contribution >= 0.6 is 0 Å². The molecule has 1 amide bonds. The Labute approximate surface area is 179 Å². The first-order valence-electron chi connectivity index (χ1n) is 9.61. The molecule has 0 saturated heterocycles. The predicted molar refractivity (Wildman–Crippen MR) is 114 cm³/mol. The summed E-state index contributed by atoms with van der Waals surface area (Å²) in [6.45, 7) is 0. The summed E-state index contributed by atoms with van der Waals surface area (Å²) in [6, 6.07) is 12.6. The minimum absolute atomic E-state index is 0.0192. The highest BCUT2D eigenvalue weighted by Gasteiger charge is 2.36. The Hall–Kier alpha value is -3.94. The number of carbonyl (C=O) groups is 2. The number of hydrogen-bond donors (Lipinski definition) is 2. The number of rotatable bonds is 6. The van der Waals surface area contributed by atoms with Crippen molar-refractivity contribution in [1.29, 1.82) is 0 Å². The first-order chi connectivity index (χ1) is 15.0. The first-order valence-corrected chi connectivity index (χ1v) is 9.61. The number of aromatic carboxylic acids is 1. The van der Waals surface area contributed by atoms with Crippen LogP contribution in [0.2, 0.25) is 0 Å². The number of carboxylic acids is 1. The maximum absolute atomic E-state index is 12.6. The smallest absolute Gasteiger partial charge is 0.339 e. The van der Waals surface area contributed by atoms with E-state index in [1.807, 2.05) is 18.2 Å². The number of aromatic nitrogens is 1. The van der Waals surface area contributed by atoms with Crippen molar-refractivity contribution in [3.63, 3.8) is 0 Å². The molecule has 0 fully saturated rings. The second-order valence-electron chi connectivity index (χ2n) is 7.09. The summed E-state index contributed by atoms with van der Waals surface area (Å²) in [5, 5.41) is 12.5. The molecule has 1 aliphatic heterocycles. The van der Waals surface area contributed by atoms with E-state index in [-0.39, 0.29) is 23.6 Å². The van der Waals surface area contributed by atoms with Gasteiger partial charge in [0.05, 0.1) is 32.7 Å². The number of nitrogens with zero attached hydrogens (tertiary/aromatic N) is 1. The Bertz CT molecular complexity index is 1150. The molecule has 3 aromatic rings. The molecule has 31 heavy (non-hydrogen) atoms. The number of benzene rings is 2. The maximum atomic E-state index is 12.6. The number of anilines is 1. The van der Waals surface area contributed by atoms with Gasteiger partial charge in [-0.1, -0.05) is 0 Å². The van der Waals surface area contributed by atoms with Crippen LogP contribution in [0.5, 0.6) is 17.2 Å². The summed E-state index contributed by atoms with van der Waals surface area (Å²) in [7, 11) is 4.70. The van der Waals surface area contributed by atoms with Crippen LogP contribution in [0.25, 0.3) is 5.69 Å². The van der Waals surface area contributed by atoms with Gasteiger partial charge in [-0.2, -0.15) is 0 Å². The quantitative estimate of drug-likeness (QED) is 0.629. The highest BCUT2D eigenvalue weighted by Crippen LogP contribution is 2.45. The summed E-state index contributed by atoms with van der Waals surface area (Å²) in [6.07, 6.45) is 1.66. The molecule has 8 nitrogen and oxygen atoms in total. The van der Waals surface area contributed by atoms with Gasteiger partial charge in [-0.15, -0.1) is 0 Å². The van der Waals surface area contributed by atoms with E-state index < -0.39 is 11.9 Å². The van der Waals surface area contributed by atoms with Crippen molar-refractivity contribution < 1.29 is 28.9 Å². The molecule has 4 rings (SSSR count). The van der Waals surface area contributed by atoms with Crippen molar-refractivity contribution in [2.75, 3.05) is 26.6 Å². The molecule has 0 unspecified atom stereocenters. The van der Waals surface area contributed by atoms with E-state index in [0.29, 0.717) is 22.9 Å². The van der Waals surface area contributed by atoms with Crippen LogP contribution in [0.1, 0.15) is 34.0 Å². The molecule has 2 N–H and O–H groups in total. The van der Waals surface area contributed by atoms with Crippen LogP contribution in [-0.4, -0.2) is 42.9 Å². The first kappa shape index (κ1) is 20.3. The van der Waals surface area contributed by atoms with E-state index in [1.165, 1.54) is 6.20 Å². The molecule has 0 bridgehead atoms. The Morgan fingerprint density at radius 2 is 1.71 bits per heavy atom. The number of ether oxygens (including phenoxy) is 3. The minimum atomic E-state index is -1.12. The monoisotopic (exact) mass is 422 g/mol. The van der Waals surface area contributed by atoms with E-state index in [0.717, 1.165) is 11.3 Å². The van der Waals surface area contributed by atoms with Crippen LogP contribution in [-0.2, 0) is 4.79 Å². The number of nitrogens with one attached hydrogen (secondary N) is 1. The number of carboxylic acid groups (broad SMARTS) is 1.